The first-order chi connectivity index (χ1) is 13.2. The van der Waals surface area contributed by atoms with Gasteiger partial charge in [-0.3, -0.25) is 4.79 Å². The number of hydrogen-bond donors (Lipinski definition) is 1. The number of hydrogen-bond acceptors (Lipinski definition) is 5. The van der Waals surface area contributed by atoms with E-state index in [2.05, 4.69) is 11.9 Å². The Hall–Kier alpha value is -3.15. The molecule has 2 aromatic carbocycles. The fourth-order valence-corrected chi connectivity index (χ4v) is 2.93. The van der Waals surface area contributed by atoms with Crippen LogP contribution in [0.1, 0.15) is 22.3 Å². The molecule has 0 atom stereocenters. The van der Waals surface area contributed by atoms with Crippen LogP contribution in [0.25, 0.3) is 0 Å². The van der Waals surface area contributed by atoms with E-state index in [1.807, 2.05) is 0 Å². The van der Waals surface area contributed by atoms with Crippen LogP contribution in [0.2, 0.25) is 0 Å². The van der Waals surface area contributed by atoms with Crippen LogP contribution in [-0.4, -0.2) is 33.3 Å². The standard InChI is InChI=1S/C21H23NO5/c1-4-6-14-11-15(12-19(24-2)20(14)25-3)21(23)22-16-7-8-17-18(13-16)27-10-5-9-26-17/h4,7-8,11-13H,1,5-6,9-10H2,2-3H3,(H,22,23). The van der Waals surface area contributed by atoms with Crippen molar-refractivity contribution in [3.8, 4) is 23.0 Å². The highest BCUT2D eigenvalue weighted by molar-refractivity contribution is 6.05. The molecule has 0 spiro atoms. The minimum absolute atomic E-state index is 0.254. The van der Waals surface area contributed by atoms with Crippen molar-refractivity contribution in [2.75, 3.05) is 32.8 Å². The number of carbonyl (C=O) groups is 1. The average molecular weight is 369 g/mol. The zero-order chi connectivity index (χ0) is 19.2. The lowest BCUT2D eigenvalue weighted by Crippen LogP contribution is -2.13. The molecular formula is C21H23NO5. The van der Waals surface area contributed by atoms with Gasteiger partial charge in [-0.15, -0.1) is 6.58 Å². The Bertz CT molecular complexity index is 847. The lowest BCUT2D eigenvalue weighted by molar-refractivity contribution is 0.102. The van der Waals surface area contributed by atoms with Crippen LogP contribution in [0.15, 0.2) is 43.0 Å². The summed E-state index contributed by atoms with van der Waals surface area (Å²) in [5, 5.41) is 2.89. The summed E-state index contributed by atoms with van der Waals surface area (Å²) in [6.07, 6.45) is 3.14. The molecule has 1 aliphatic heterocycles. The molecular weight excluding hydrogens is 346 g/mol. The molecule has 0 aliphatic carbocycles. The van der Waals surface area contributed by atoms with Crippen molar-refractivity contribution in [3.63, 3.8) is 0 Å². The van der Waals surface area contributed by atoms with Crippen LogP contribution in [0.5, 0.6) is 23.0 Å². The highest BCUT2D eigenvalue weighted by atomic mass is 16.5. The third-order valence-corrected chi connectivity index (χ3v) is 4.19. The molecule has 0 aromatic heterocycles. The van der Waals surface area contributed by atoms with Gasteiger partial charge in [0.1, 0.15) is 0 Å². The van der Waals surface area contributed by atoms with Crippen LogP contribution in [0.3, 0.4) is 0 Å². The zero-order valence-corrected chi connectivity index (χ0v) is 15.5. The van der Waals surface area contributed by atoms with E-state index in [0.29, 0.717) is 53.9 Å². The number of amides is 1. The smallest absolute Gasteiger partial charge is 0.255 e. The van der Waals surface area contributed by atoms with Crippen LogP contribution >= 0.6 is 0 Å². The summed E-state index contributed by atoms with van der Waals surface area (Å²) in [6, 6.07) is 8.79. The van der Waals surface area contributed by atoms with E-state index in [0.717, 1.165) is 12.0 Å². The Morgan fingerprint density at radius 2 is 1.93 bits per heavy atom. The van der Waals surface area contributed by atoms with E-state index >= 15 is 0 Å². The number of allylic oxidation sites excluding steroid dienone is 1. The maximum atomic E-state index is 12.8. The molecule has 3 rings (SSSR count). The van der Waals surface area contributed by atoms with Gasteiger partial charge in [-0.05, 0) is 30.7 Å². The number of benzene rings is 2. The van der Waals surface area contributed by atoms with Gasteiger partial charge in [0.15, 0.2) is 23.0 Å². The van der Waals surface area contributed by atoms with Crippen molar-refractivity contribution in [2.24, 2.45) is 0 Å². The molecule has 0 saturated heterocycles. The summed E-state index contributed by atoms with van der Waals surface area (Å²) in [5.41, 5.74) is 1.93. The Morgan fingerprint density at radius 1 is 1.15 bits per heavy atom. The molecule has 0 saturated carbocycles. The number of rotatable bonds is 6. The number of ether oxygens (including phenoxy) is 4. The number of anilines is 1. The molecule has 2 aromatic rings. The molecule has 1 aliphatic rings. The fourth-order valence-electron chi connectivity index (χ4n) is 2.93. The Balaban J connectivity index is 1.86. The minimum Gasteiger partial charge on any atom is -0.493 e. The second-order valence-corrected chi connectivity index (χ2v) is 6.03. The number of carbonyl (C=O) groups excluding carboxylic acids is 1. The Kier molecular flexibility index (Phi) is 5.86. The molecule has 1 N–H and O–H groups in total. The lowest BCUT2D eigenvalue weighted by Gasteiger charge is -2.15. The first kappa shape index (κ1) is 18.6. The first-order valence-electron chi connectivity index (χ1n) is 8.73. The number of fused-ring (bicyclic) bond motifs is 1. The minimum atomic E-state index is -0.254. The summed E-state index contributed by atoms with van der Waals surface area (Å²) < 4.78 is 22.1. The van der Waals surface area contributed by atoms with Gasteiger partial charge in [0.05, 0.1) is 27.4 Å². The third-order valence-electron chi connectivity index (χ3n) is 4.19. The first-order valence-corrected chi connectivity index (χ1v) is 8.73. The van der Waals surface area contributed by atoms with Crippen LogP contribution in [0, 0.1) is 0 Å². The lowest BCUT2D eigenvalue weighted by atomic mass is 10.0. The molecule has 0 bridgehead atoms. The second kappa shape index (κ2) is 8.49. The quantitative estimate of drug-likeness (QED) is 0.784. The van der Waals surface area contributed by atoms with E-state index in [1.54, 1.807) is 50.6 Å². The summed E-state index contributed by atoms with van der Waals surface area (Å²) >= 11 is 0. The number of nitrogens with one attached hydrogen (secondary N) is 1. The van der Waals surface area contributed by atoms with Gasteiger partial charge < -0.3 is 24.3 Å². The predicted molar refractivity (Wildman–Crippen MR) is 103 cm³/mol. The van der Waals surface area contributed by atoms with E-state index in [4.69, 9.17) is 18.9 Å². The molecule has 1 heterocycles. The third kappa shape index (κ3) is 4.16. The van der Waals surface area contributed by atoms with Gasteiger partial charge in [-0.25, -0.2) is 0 Å². The topological polar surface area (TPSA) is 66.0 Å². The fraction of sp³-hybridized carbons (Fsp3) is 0.286. The molecule has 6 heteroatoms. The largest absolute Gasteiger partial charge is 0.493 e. The van der Waals surface area contributed by atoms with E-state index in [1.165, 1.54) is 0 Å². The van der Waals surface area contributed by atoms with Gasteiger partial charge in [0.25, 0.3) is 5.91 Å². The Labute approximate surface area is 158 Å². The average Bonchev–Trinajstić information content (AvgIpc) is 2.92. The molecule has 27 heavy (non-hydrogen) atoms. The molecule has 142 valence electrons. The number of methoxy groups -OCH3 is 2. The summed E-state index contributed by atoms with van der Waals surface area (Å²) in [4.78, 5) is 12.8. The summed E-state index contributed by atoms with van der Waals surface area (Å²) in [6.45, 7) is 4.96. The maximum absolute atomic E-state index is 12.8. The van der Waals surface area contributed by atoms with Gasteiger partial charge in [-0.1, -0.05) is 6.08 Å². The van der Waals surface area contributed by atoms with E-state index in [-0.39, 0.29) is 5.91 Å². The van der Waals surface area contributed by atoms with Gasteiger partial charge >= 0.3 is 0 Å². The zero-order valence-electron chi connectivity index (χ0n) is 15.5. The maximum Gasteiger partial charge on any atom is 0.255 e. The molecule has 0 radical (unpaired) electrons. The summed E-state index contributed by atoms with van der Waals surface area (Å²) in [7, 11) is 3.11. The van der Waals surface area contributed by atoms with Crippen molar-refractivity contribution in [2.45, 2.75) is 12.8 Å². The van der Waals surface area contributed by atoms with Crippen molar-refractivity contribution in [3.05, 3.63) is 54.1 Å². The van der Waals surface area contributed by atoms with Crippen LogP contribution < -0.4 is 24.3 Å². The molecule has 1 amide bonds. The van der Waals surface area contributed by atoms with Crippen molar-refractivity contribution in [1.29, 1.82) is 0 Å². The van der Waals surface area contributed by atoms with Gasteiger partial charge in [-0.2, -0.15) is 0 Å². The van der Waals surface area contributed by atoms with E-state index in [9.17, 15) is 4.79 Å². The monoisotopic (exact) mass is 369 g/mol. The van der Waals surface area contributed by atoms with Crippen LogP contribution in [-0.2, 0) is 6.42 Å². The van der Waals surface area contributed by atoms with Crippen LogP contribution in [0.4, 0.5) is 5.69 Å². The van der Waals surface area contributed by atoms with Crippen molar-refractivity contribution >= 4 is 11.6 Å². The van der Waals surface area contributed by atoms with Gasteiger partial charge in [0, 0.05) is 29.3 Å². The van der Waals surface area contributed by atoms with Crippen molar-refractivity contribution in [1.82, 2.24) is 0 Å². The van der Waals surface area contributed by atoms with E-state index < -0.39 is 0 Å². The summed E-state index contributed by atoms with van der Waals surface area (Å²) in [5.74, 6) is 2.16. The molecule has 0 fully saturated rings. The molecule has 0 unspecified atom stereocenters. The second-order valence-electron chi connectivity index (χ2n) is 6.03. The Morgan fingerprint density at radius 3 is 2.63 bits per heavy atom. The molecule has 6 nitrogen and oxygen atoms in total. The van der Waals surface area contributed by atoms with Gasteiger partial charge in [0.2, 0.25) is 0 Å². The normalized spacial score (nSPS) is 12.7. The highest BCUT2D eigenvalue weighted by Crippen LogP contribution is 2.35. The highest BCUT2D eigenvalue weighted by Gasteiger charge is 2.17. The van der Waals surface area contributed by atoms with Crippen molar-refractivity contribution < 1.29 is 23.7 Å². The predicted octanol–water partition coefficient (Wildman–Crippen LogP) is 3.85. The SMILES string of the molecule is C=CCc1cc(C(=O)Nc2ccc3c(c2)OCCCO3)cc(OC)c1OC.